The first-order chi connectivity index (χ1) is 10.2. The topological polar surface area (TPSA) is 62.7 Å². The molecule has 0 atom stereocenters. The first kappa shape index (κ1) is 14.4. The van der Waals surface area contributed by atoms with Gasteiger partial charge < -0.3 is 10.3 Å². The summed E-state index contributed by atoms with van der Waals surface area (Å²) in [5, 5.41) is 0. The van der Waals surface area contributed by atoms with Gasteiger partial charge in [-0.25, -0.2) is 4.79 Å². The lowest BCUT2D eigenvalue weighted by Crippen LogP contribution is -2.13. The van der Waals surface area contributed by atoms with Crippen LogP contribution in [0.5, 0.6) is 0 Å². The van der Waals surface area contributed by atoms with Gasteiger partial charge >= 0.3 is 11.7 Å². The standard InChI is InChI=1S/C17H14N2O2/c1-21-17(20)16(19-18)12-9-13-7-10-15(11-8-13)14-5-3-2-4-6-14/h2-12H,1H3/b12-9+. The van der Waals surface area contributed by atoms with E-state index in [-0.39, 0.29) is 5.71 Å². The molecule has 0 saturated carbocycles. The average molecular weight is 278 g/mol. The molecule has 0 N–H and O–H groups in total. The molecule has 0 aromatic heterocycles. The van der Waals surface area contributed by atoms with E-state index in [1.807, 2.05) is 54.6 Å². The molecule has 0 amide bonds. The van der Waals surface area contributed by atoms with Crippen molar-refractivity contribution >= 4 is 17.8 Å². The summed E-state index contributed by atoms with van der Waals surface area (Å²) in [7, 11) is 1.23. The van der Waals surface area contributed by atoms with E-state index in [2.05, 4.69) is 9.53 Å². The van der Waals surface area contributed by atoms with Crippen LogP contribution in [0.15, 0.2) is 60.7 Å². The zero-order valence-electron chi connectivity index (χ0n) is 11.6. The summed E-state index contributed by atoms with van der Waals surface area (Å²) in [4.78, 5) is 14.1. The second-order valence-corrected chi connectivity index (χ2v) is 4.30. The highest BCUT2D eigenvalue weighted by Gasteiger charge is 2.16. The Morgan fingerprint density at radius 1 is 1.05 bits per heavy atom. The second kappa shape index (κ2) is 6.98. The number of hydrogen-bond acceptors (Lipinski definition) is 2. The summed E-state index contributed by atoms with van der Waals surface area (Å²) < 4.78 is 4.49. The Hall–Kier alpha value is -2.97. The SMILES string of the molecule is COC(=O)C(/C=C/c1ccc(-c2ccccc2)cc1)=[N+]=[N-]. The molecule has 2 aromatic carbocycles. The van der Waals surface area contributed by atoms with E-state index >= 15 is 0 Å². The average Bonchev–Trinajstić information content (AvgIpc) is 2.56. The Balaban J connectivity index is 2.17. The van der Waals surface area contributed by atoms with E-state index in [0.29, 0.717) is 0 Å². The van der Waals surface area contributed by atoms with Crippen molar-refractivity contribution in [3.63, 3.8) is 0 Å². The second-order valence-electron chi connectivity index (χ2n) is 4.30. The maximum absolute atomic E-state index is 11.2. The Morgan fingerprint density at radius 2 is 1.67 bits per heavy atom. The minimum atomic E-state index is -0.686. The molecule has 0 unspecified atom stereocenters. The molecule has 104 valence electrons. The lowest BCUT2D eigenvalue weighted by molar-refractivity contribution is -0.137. The number of carbonyl (C=O) groups is 1. The van der Waals surface area contributed by atoms with Gasteiger partial charge in [0.05, 0.1) is 7.11 Å². The third-order valence-electron chi connectivity index (χ3n) is 2.95. The van der Waals surface area contributed by atoms with Crippen LogP contribution < -0.4 is 0 Å². The minimum absolute atomic E-state index is 0.148. The van der Waals surface area contributed by atoms with Gasteiger partial charge in [-0.3, -0.25) is 0 Å². The number of hydrogen-bond donors (Lipinski definition) is 0. The van der Waals surface area contributed by atoms with Gasteiger partial charge in [0.25, 0.3) is 0 Å². The molecule has 0 aliphatic heterocycles. The van der Waals surface area contributed by atoms with Gasteiger partial charge in [0.2, 0.25) is 0 Å². The zero-order chi connectivity index (χ0) is 15.1. The lowest BCUT2D eigenvalue weighted by atomic mass is 10.0. The molecule has 2 aromatic rings. The third kappa shape index (κ3) is 3.75. The lowest BCUT2D eigenvalue weighted by Gasteiger charge is -2.01. The van der Waals surface area contributed by atoms with Crippen LogP contribution in [-0.4, -0.2) is 23.6 Å². The molecule has 0 radical (unpaired) electrons. The summed E-state index contributed by atoms with van der Waals surface area (Å²) in [5.74, 6) is -0.686. The molecule has 0 spiro atoms. The van der Waals surface area contributed by atoms with Crippen molar-refractivity contribution in [1.82, 2.24) is 0 Å². The van der Waals surface area contributed by atoms with Crippen LogP contribution in [0.1, 0.15) is 5.56 Å². The number of nitrogens with zero attached hydrogens (tertiary/aromatic N) is 2. The van der Waals surface area contributed by atoms with Gasteiger partial charge in [0.1, 0.15) is 0 Å². The van der Waals surface area contributed by atoms with Crippen LogP contribution in [0.2, 0.25) is 0 Å². The molecule has 4 nitrogen and oxygen atoms in total. The highest BCUT2D eigenvalue weighted by Crippen LogP contribution is 2.19. The normalized spacial score (nSPS) is 10.1. The molecule has 4 heteroatoms. The summed E-state index contributed by atoms with van der Waals surface area (Å²) in [6, 6.07) is 17.9. The van der Waals surface area contributed by atoms with Gasteiger partial charge in [0, 0.05) is 6.08 Å². The van der Waals surface area contributed by atoms with E-state index in [4.69, 9.17) is 5.53 Å². The summed E-state index contributed by atoms with van der Waals surface area (Å²) in [6.07, 6.45) is 3.09. The van der Waals surface area contributed by atoms with Crippen molar-refractivity contribution in [2.75, 3.05) is 7.11 Å². The van der Waals surface area contributed by atoms with E-state index in [9.17, 15) is 4.79 Å². The summed E-state index contributed by atoms with van der Waals surface area (Å²) in [5.41, 5.74) is 11.7. The van der Waals surface area contributed by atoms with Crippen LogP contribution in [0, 0.1) is 0 Å². The quantitative estimate of drug-likeness (QED) is 0.373. The van der Waals surface area contributed by atoms with Crippen LogP contribution in [0.25, 0.3) is 22.7 Å². The van der Waals surface area contributed by atoms with Crippen molar-refractivity contribution < 1.29 is 14.3 Å². The number of methoxy groups -OCH3 is 1. The first-order valence-electron chi connectivity index (χ1n) is 6.38. The van der Waals surface area contributed by atoms with Crippen LogP contribution in [0.3, 0.4) is 0 Å². The molecular formula is C17H14N2O2. The summed E-state index contributed by atoms with van der Waals surface area (Å²) in [6.45, 7) is 0. The number of ether oxygens (including phenoxy) is 1. The molecule has 0 heterocycles. The van der Waals surface area contributed by atoms with E-state index in [1.165, 1.54) is 13.2 Å². The molecule has 2 rings (SSSR count). The number of rotatable bonds is 4. The molecule has 21 heavy (non-hydrogen) atoms. The Labute approximate surface area is 122 Å². The van der Waals surface area contributed by atoms with E-state index < -0.39 is 5.97 Å². The van der Waals surface area contributed by atoms with Gasteiger partial charge in [-0.05, 0) is 22.8 Å². The first-order valence-corrected chi connectivity index (χ1v) is 6.38. The highest BCUT2D eigenvalue weighted by molar-refractivity contribution is 6.39. The molecular weight excluding hydrogens is 264 g/mol. The van der Waals surface area contributed by atoms with Crippen LogP contribution >= 0.6 is 0 Å². The van der Waals surface area contributed by atoms with Crippen molar-refractivity contribution in [2.45, 2.75) is 0 Å². The highest BCUT2D eigenvalue weighted by atomic mass is 16.5. The predicted octanol–water partition coefficient (Wildman–Crippen LogP) is 3.21. The summed E-state index contributed by atoms with van der Waals surface area (Å²) >= 11 is 0. The predicted molar refractivity (Wildman–Crippen MR) is 81.6 cm³/mol. The number of carbonyl (C=O) groups excluding carboxylic acids is 1. The van der Waals surface area contributed by atoms with E-state index in [0.717, 1.165) is 16.7 Å². The largest absolute Gasteiger partial charge is 0.460 e. The monoisotopic (exact) mass is 278 g/mol. The molecule has 0 fully saturated rings. The smallest absolute Gasteiger partial charge is 0.421 e. The van der Waals surface area contributed by atoms with Gasteiger partial charge in [-0.1, -0.05) is 54.6 Å². The van der Waals surface area contributed by atoms with Crippen molar-refractivity contribution in [3.05, 3.63) is 71.8 Å². The molecule has 0 aliphatic rings. The fourth-order valence-corrected chi connectivity index (χ4v) is 1.84. The maximum atomic E-state index is 11.2. The van der Waals surface area contributed by atoms with E-state index in [1.54, 1.807) is 6.08 Å². The Morgan fingerprint density at radius 3 is 2.24 bits per heavy atom. The van der Waals surface area contributed by atoms with Gasteiger partial charge in [-0.15, -0.1) is 0 Å². The third-order valence-corrected chi connectivity index (χ3v) is 2.95. The van der Waals surface area contributed by atoms with Crippen molar-refractivity contribution in [2.24, 2.45) is 0 Å². The minimum Gasteiger partial charge on any atom is -0.460 e. The molecule has 0 aliphatic carbocycles. The number of esters is 1. The van der Waals surface area contributed by atoms with Crippen molar-refractivity contribution in [1.29, 1.82) is 0 Å². The van der Waals surface area contributed by atoms with Crippen LogP contribution in [0.4, 0.5) is 0 Å². The molecule has 0 saturated heterocycles. The zero-order valence-corrected chi connectivity index (χ0v) is 11.6. The van der Waals surface area contributed by atoms with Crippen molar-refractivity contribution in [3.8, 4) is 11.1 Å². The number of benzene rings is 2. The fraction of sp³-hybridized carbons (Fsp3) is 0.0588. The molecule has 0 bridgehead atoms. The Kier molecular flexibility index (Phi) is 4.80. The Bertz CT molecular complexity index is 697. The van der Waals surface area contributed by atoms with Crippen LogP contribution in [-0.2, 0) is 9.53 Å². The fourth-order valence-electron chi connectivity index (χ4n) is 1.84. The van der Waals surface area contributed by atoms with Gasteiger partial charge in [0.15, 0.2) is 0 Å². The maximum Gasteiger partial charge on any atom is 0.421 e. The van der Waals surface area contributed by atoms with Gasteiger partial charge in [-0.2, -0.15) is 4.79 Å².